The molecule has 4 aliphatic rings. The highest BCUT2D eigenvalue weighted by Crippen LogP contribution is 2.65. The molecule has 4 rings (SSSR count). The van der Waals surface area contributed by atoms with Gasteiger partial charge >= 0.3 is 0 Å². The van der Waals surface area contributed by atoms with Crippen LogP contribution in [0.1, 0.15) is 58.8 Å². The van der Waals surface area contributed by atoms with E-state index in [1.807, 2.05) is 6.08 Å². The molecule has 0 aromatic heterocycles. The van der Waals surface area contributed by atoms with Gasteiger partial charge in [0.1, 0.15) is 5.60 Å². The molecule has 0 aliphatic heterocycles. The smallest absolute Gasteiger partial charge is 0.179 e. The molecular formula is C21H27ClO3. The Morgan fingerprint density at radius 2 is 2.04 bits per heavy atom. The summed E-state index contributed by atoms with van der Waals surface area (Å²) in [6.45, 7) is 4.37. The van der Waals surface area contributed by atoms with Crippen LogP contribution >= 0.6 is 11.6 Å². The second kappa shape index (κ2) is 5.53. The van der Waals surface area contributed by atoms with Crippen molar-refractivity contribution in [3.63, 3.8) is 0 Å². The van der Waals surface area contributed by atoms with Gasteiger partial charge < -0.3 is 5.11 Å². The summed E-state index contributed by atoms with van der Waals surface area (Å²) in [6.07, 6.45) is 9.80. The average Bonchev–Trinajstić information content (AvgIpc) is 2.87. The van der Waals surface area contributed by atoms with E-state index in [0.717, 1.165) is 32.1 Å². The number of carbonyl (C=O) groups excluding carboxylic acids is 2. The molecule has 136 valence electrons. The van der Waals surface area contributed by atoms with Crippen molar-refractivity contribution in [1.29, 1.82) is 0 Å². The van der Waals surface area contributed by atoms with Gasteiger partial charge in [0.2, 0.25) is 0 Å². The maximum atomic E-state index is 12.4. The lowest BCUT2D eigenvalue weighted by atomic mass is 9.50. The highest BCUT2D eigenvalue weighted by molar-refractivity contribution is 6.29. The van der Waals surface area contributed by atoms with Gasteiger partial charge in [0.25, 0.3) is 0 Å². The third kappa shape index (κ3) is 2.15. The number of hydrogen-bond donors (Lipinski definition) is 1. The minimum Gasteiger partial charge on any atom is -0.381 e. The molecular weight excluding hydrogens is 336 g/mol. The first-order chi connectivity index (χ1) is 11.8. The van der Waals surface area contributed by atoms with Gasteiger partial charge in [0.05, 0.1) is 5.88 Å². The molecule has 0 saturated heterocycles. The fraction of sp³-hybridized carbons (Fsp3) is 0.714. The van der Waals surface area contributed by atoms with Gasteiger partial charge in [0, 0.05) is 17.3 Å². The zero-order valence-electron chi connectivity index (χ0n) is 15.1. The van der Waals surface area contributed by atoms with Crippen molar-refractivity contribution in [3.05, 3.63) is 23.3 Å². The molecule has 3 nitrogen and oxygen atoms in total. The third-order valence-electron chi connectivity index (χ3n) is 8.07. The Morgan fingerprint density at radius 3 is 2.76 bits per heavy atom. The predicted molar refractivity (Wildman–Crippen MR) is 97.4 cm³/mol. The molecule has 0 aromatic carbocycles. The van der Waals surface area contributed by atoms with Crippen LogP contribution in [0.25, 0.3) is 0 Å². The lowest BCUT2D eigenvalue weighted by molar-refractivity contribution is -0.150. The summed E-state index contributed by atoms with van der Waals surface area (Å²) in [5, 5.41) is 11.2. The van der Waals surface area contributed by atoms with Crippen molar-refractivity contribution in [2.75, 3.05) is 5.88 Å². The van der Waals surface area contributed by atoms with Crippen molar-refractivity contribution in [3.8, 4) is 0 Å². The average molecular weight is 363 g/mol. The summed E-state index contributed by atoms with van der Waals surface area (Å²) in [7, 11) is 0. The van der Waals surface area contributed by atoms with Crippen LogP contribution in [0.15, 0.2) is 23.3 Å². The topological polar surface area (TPSA) is 54.4 Å². The van der Waals surface area contributed by atoms with E-state index in [1.54, 1.807) is 0 Å². The Kier molecular flexibility index (Phi) is 3.87. The van der Waals surface area contributed by atoms with Gasteiger partial charge in [-0.1, -0.05) is 31.1 Å². The lowest BCUT2D eigenvalue weighted by Gasteiger charge is -2.54. The molecule has 2 fully saturated rings. The van der Waals surface area contributed by atoms with Gasteiger partial charge in [0.15, 0.2) is 11.6 Å². The molecule has 5 atom stereocenters. The maximum Gasteiger partial charge on any atom is 0.179 e. The minimum atomic E-state index is -1.29. The fourth-order valence-electron chi connectivity index (χ4n) is 6.44. The fourth-order valence-corrected chi connectivity index (χ4v) is 6.66. The van der Waals surface area contributed by atoms with Crippen molar-refractivity contribution >= 4 is 23.2 Å². The zero-order valence-corrected chi connectivity index (χ0v) is 15.9. The first-order valence-corrected chi connectivity index (χ1v) is 10.1. The quantitative estimate of drug-likeness (QED) is 0.597. The van der Waals surface area contributed by atoms with Crippen LogP contribution < -0.4 is 0 Å². The van der Waals surface area contributed by atoms with E-state index in [9.17, 15) is 14.7 Å². The lowest BCUT2D eigenvalue weighted by Crippen LogP contribution is -2.55. The first kappa shape index (κ1) is 17.5. The van der Waals surface area contributed by atoms with Crippen molar-refractivity contribution < 1.29 is 14.7 Å². The van der Waals surface area contributed by atoms with Gasteiger partial charge in [-0.3, -0.25) is 9.59 Å². The van der Waals surface area contributed by atoms with Crippen molar-refractivity contribution in [1.82, 2.24) is 0 Å². The van der Waals surface area contributed by atoms with Crippen LogP contribution in [0.3, 0.4) is 0 Å². The summed E-state index contributed by atoms with van der Waals surface area (Å²) in [6, 6.07) is 0. The Bertz CT molecular complexity index is 708. The Labute approximate surface area is 154 Å². The second-order valence-electron chi connectivity index (χ2n) is 8.96. The maximum absolute atomic E-state index is 12.4. The molecule has 0 radical (unpaired) electrons. The number of allylic oxidation sites excluding steroid dienone is 4. The second-order valence-corrected chi connectivity index (χ2v) is 9.22. The highest BCUT2D eigenvalue weighted by Gasteiger charge is 2.64. The van der Waals surface area contributed by atoms with Crippen LogP contribution in [0, 0.1) is 22.7 Å². The number of aliphatic hydroxyl groups is 1. The molecule has 2 saturated carbocycles. The molecule has 25 heavy (non-hydrogen) atoms. The van der Waals surface area contributed by atoms with E-state index in [0.29, 0.717) is 24.7 Å². The molecule has 0 bridgehead atoms. The zero-order chi connectivity index (χ0) is 18.0. The number of hydrogen-bond acceptors (Lipinski definition) is 3. The third-order valence-corrected chi connectivity index (χ3v) is 8.31. The molecule has 0 amide bonds. The SMILES string of the molecule is C[C@]12CCC(=O)C=C1CC[C@@H]1C2=CC[C@@]2(C)[C@H]1CC[C@]2(O)C(=O)CCl. The Morgan fingerprint density at radius 1 is 1.28 bits per heavy atom. The Balaban J connectivity index is 1.75. The van der Waals surface area contributed by atoms with Crippen LogP contribution in [-0.2, 0) is 9.59 Å². The number of Topliss-reactive ketones (excluding diaryl/α,β-unsaturated/α-hetero) is 1. The normalized spacial score (nSPS) is 45.8. The summed E-state index contributed by atoms with van der Waals surface area (Å²) < 4.78 is 0. The van der Waals surface area contributed by atoms with E-state index in [1.165, 1.54) is 11.1 Å². The number of carbonyl (C=O) groups is 2. The van der Waals surface area contributed by atoms with Crippen molar-refractivity contribution in [2.45, 2.75) is 64.4 Å². The monoisotopic (exact) mass is 362 g/mol. The summed E-state index contributed by atoms with van der Waals surface area (Å²) in [5.74, 6) is 0.649. The van der Waals surface area contributed by atoms with E-state index in [4.69, 9.17) is 11.6 Å². The first-order valence-electron chi connectivity index (χ1n) is 9.52. The van der Waals surface area contributed by atoms with E-state index >= 15 is 0 Å². The molecule has 0 aromatic rings. The Hall–Kier alpha value is -0.930. The number of rotatable bonds is 2. The van der Waals surface area contributed by atoms with Gasteiger partial charge in [-0.05, 0) is 56.4 Å². The molecule has 0 heterocycles. The van der Waals surface area contributed by atoms with Crippen LogP contribution in [0.5, 0.6) is 0 Å². The molecule has 4 heteroatoms. The molecule has 1 N–H and O–H groups in total. The molecule has 0 spiro atoms. The highest BCUT2D eigenvalue weighted by atomic mass is 35.5. The number of fused-ring (bicyclic) bond motifs is 5. The predicted octanol–water partition coefficient (Wildman–Crippen LogP) is 3.98. The van der Waals surface area contributed by atoms with E-state index < -0.39 is 11.0 Å². The molecule has 4 aliphatic carbocycles. The van der Waals surface area contributed by atoms with Gasteiger partial charge in [-0.15, -0.1) is 11.6 Å². The van der Waals surface area contributed by atoms with Crippen molar-refractivity contribution in [2.24, 2.45) is 22.7 Å². The van der Waals surface area contributed by atoms with Crippen LogP contribution in [0.4, 0.5) is 0 Å². The van der Waals surface area contributed by atoms with Gasteiger partial charge in [-0.2, -0.15) is 0 Å². The van der Waals surface area contributed by atoms with E-state index in [-0.39, 0.29) is 22.9 Å². The number of halogens is 1. The summed E-state index contributed by atoms with van der Waals surface area (Å²) in [5.41, 5.74) is 1.04. The number of ketones is 2. The summed E-state index contributed by atoms with van der Waals surface area (Å²) in [4.78, 5) is 24.3. The van der Waals surface area contributed by atoms with Crippen LogP contribution in [0.2, 0.25) is 0 Å². The van der Waals surface area contributed by atoms with Gasteiger partial charge in [-0.25, -0.2) is 0 Å². The standard InChI is InChI=1S/C21H27ClO3/c1-19-8-5-14(23)11-13(19)3-4-15-16(19)6-9-20(2)17(15)7-10-21(20,25)18(24)12-22/h6,11,15,17,25H,3-5,7-10,12H2,1-2H3/t15-,17+,19+,20+,21+/m1/s1. The van der Waals surface area contributed by atoms with Crippen LogP contribution in [-0.4, -0.2) is 28.2 Å². The summed E-state index contributed by atoms with van der Waals surface area (Å²) >= 11 is 5.81. The number of alkyl halides is 1. The largest absolute Gasteiger partial charge is 0.381 e. The minimum absolute atomic E-state index is 0.00461. The van der Waals surface area contributed by atoms with E-state index in [2.05, 4.69) is 19.9 Å². The molecule has 0 unspecified atom stereocenters.